The van der Waals surface area contributed by atoms with Crippen LogP contribution in [0.3, 0.4) is 0 Å². The maximum absolute atomic E-state index is 11.1. The number of benzene rings is 2. The molecule has 0 saturated carbocycles. The van der Waals surface area contributed by atoms with Gasteiger partial charge in [-0.15, -0.1) is 0 Å². The van der Waals surface area contributed by atoms with Crippen LogP contribution >= 0.6 is 0 Å². The molecule has 0 radical (unpaired) electrons. The van der Waals surface area contributed by atoms with E-state index in [1.54, 1.807) is 24.3 Å². The Labute approximate surface area is 251 Å². The number of carbonyl (C=O) groups is 2. The molecule has 4 rings (SSSR count). The number of nitrogens with zero attached hydrogens (tertiary/aromatic N) is 6. The molecule has 2 aliphatic rings. The maximum Gasteiger partial charge on any atom is 0.329 e. The molecule has 2 aromatic rings. The third-order valence-corrected chi connectivity index (χ3v) is 6.95. The lowest BCUT2D eigenvalue weighted by Gasteiger charge is -2.35. The molecule has 0 aliphatic carbocycles. The van der Waals surface area contributed by atoms with E-state index >= 15 is 0 Å². The molecule has 0 bridgehead atoms. The van der Waals surface area contributed by atoms with Crippen LogP contribution in [-0.2, 0) is 19.1 Å². The van der Waals surface area contributed by atoms with Gasteiger partial charge in [-0.25, -0.2) is 4.79 Å². The molecule has 2 heterocycles. The third kappa shape index (κ3) is 12.1. The Bertz CT molecular complexity index is 1190. The second kappa shape index (κ2) is 18.1. The fourth-order valence-electron chi connectivity index (χ4n) is 4.30. The van der Waals surface area contributed by atoms with Gasteiger partial charge in [0, 0.05) is 101 Å². The van der Waals surface area contributed by atoms with Crippen LogP contribution in [0.5, 0.6) is 0 Å². The maximum atomic E-state index is 11.1. The molecule has 0 atom stereocenters. The molecular weight excluding hydrogens is 560 g/mol. The summed E-state index contributed by atoms with van der Waals surface area (Å²) < 4.78 is 8.77. The van der Waals surface area contributed by atoms with Gasteiger partial charge in [0.15, 0.2) is 0 Å². The van der Waals surface area contributed by atoms with Gasteiger partial charge in [-0.2, -0.15) is 0 Å². The Kier molecular flexibility index (Phi) is 14.6. The van der Waals surface area contributed by atoms with Crippen LogP contribution < -0.4 is 9.80 Å². The number of nitro benzene ring substituents is 2. The van der Waals surface area contributed by atoms with E-state index in [9.17, 15) is 29.8 Å². The highest BCUT2D eigenvalue weighted by molar-refractivity contribution is 5.80. The predicted molar refractivity (Wildman–Crippen MR) is 163 cm³/mol. The summed E-state index contributed by atoms with van der Waals surface area (Å²) in [5.41, 5.74) is 2.32. The standard InChI is InChI=1S/C14H19N3O4.C11H15N3O2.C4H6O2/c1-21-14(18)6-7-15-8-10-16(11-9-15)12-2-4-13(5-3-12)17(19)20;1-12-6-8-13(9-7-12)10-2-4-11(5-3-10)14(15)16;1-3-4(5)6-2/h2-5H,6-11H2,1H3;2-5H,6-9H2,1H3;3H,1H2,2H3. The van der Waals surface area contributed by atoms with Crippen molar-refractivity contribution in [3.8, 4) is 0 Å². The predicted octanol–water partition coefficient (Wildman–Crippen LogP) is 2.97. The summed E-state index contributed by atoms with van der Waals surface area (Å²) in [6, 6.07) is 13.4. The van der Waals surface area contributed by atoms with E-state index in [1.807, 2.05) is 12.1 Å². The molecule has 0 spiro atoms. The molecule has 234 valence electrons. The van der Waals surface area contributed by atoms with Gasteiger partial charge in [0.1, 0.15) is 0 Å². The highest BCUT2D eigenvalue weighted by Gasteiger charge is 2.19. The van der Waals surface area contributed by atoms with Gasteiger partial charge in [0.05, 0.1) is 30.5 Å². The molecule has 2 fully saturated rings. The number of methoxy groups -OCH3 is 2. The molecule has 14 nitrogen and oxygen atoms in total. The number of non-ortho nitro benzene ring substituents is 2. The fourth-order valence-corrected chi connectivity index (χ4v) is 4.30. The van der Waals surface area contributed by atoms with Gasteiger partial charge in [0.2, 0.25) is 0 Å². The van der Waals surface area contributed by atoms with Crippen molar-refractivity contribution in [3.63, 3.8) is 0 Å². The molecule has 0 amide bonds. The van der Waals surface area contributed by atoms with E-state index < -0.39 is 10.9 Å². The first-order chi connectivity index (χ1) is 20.6. The van der Waals surface area contributed by atoms with Gasteiger partial charge in [-0.3, -0.25) is 29.9 Å². The number of esters is 2. The van der Waals surface area contributed by atoms with Crippen LogP contribution in [0.4, 0.5) is 22.7 Å². The van der Waals surface area contributed by atoms with Crippen molar-refractivity contribution >= 4 is 34.7 Å². The lowest BCUT2D eigenvalue weighted by molar-refractivity contribution is -0.385. The number of rotatable bonds is 8. The van der Waals surface area contributed by atoms with Crippen molar-refractivity contribution in [3.05, 3.63) is 81.4 Å². The third-order valence-electron chi connectivity index (χ3n) is 6.95. The van der Waals surface area contributed by atoms with Crippen molar-refractivity contribution in [1.29, 1.82) is 0 Å². The average Bonchev–Trinajstić information content (AvgIpc) is 3.04. The molecule has 0 aromatic heterocycles. The Balaban J connectivity index is 0.000000259. The molecule has 43 heavy (non-hydrogen) atoms. The lowest BCUT2D eigenvalue weighted by Crippen LogP contribution is -2.46. The first-order valence-electron chi connectivity index (χ1n) is 13.7. The second-order valence-electron chi connectivity index (χ2n) is 9.72. The van der Waals surface area contributed by atoms with Crippen molar-refractivity contribution in [2.45, 2.75) is 6.42 Å². The largest absolute Gasteiger partial charge is 0.469 e. The molecule has 0 unspecified atom stereocenters. The van der Waals surface area contributed by atoms with Crippen LogP contribution in [0.25, 0.3) is 0 Å². The van der Waals surface area contributed by atoms with Gasteiger partial charge in [0.25, 0.3) is 11.4 Å². The second-order valence-corrected chi connectivity index (χ2v) is 9.72. The molecule has 2 aliphatic heterocycles. The molecule has 2 aromatic carbocycles. The van der Waals surface area contributed by atoms with Crippen LogP contribution in [0.15, 0.2) is 61.2 Å². The monoisotopic (exact) mass is 600 g/mol. The lowest BCUT2D eigenvalue weighted by atomic mass is 10.2. The van der Waals surface area contributed by atoms with E-state index in [2.05, 4.69) is 42.7 Å². The van der Waals surface area contributed by atoms with Crippen molar-refractivity contribution < 1.29 is 28.9 Å². The molecule has 14 heteroatoms. The Morgan fingerprint density at radius 2 is 1.19 bits per heavy atom. The van der Waals surface area contributed by atoms with Gasteiger partial charge >= 0.3 is 11.9 Å². The summed E-state index contributed by atoms with van der Waals surface area (Å²) >= 11 is 0. The quantitative estimate of drug-likeness (QED) is 0.190. The summed E-state index contributed by atoms with van der Waals surface area (Å²) in [4.78, 5) is 50.3. The molecular formula is C29H40N6O8. The number of ether oxygens (including phenoxy) is 2. The zero-order chi connectivity index (χ0) is 31.8. The van der Waals surface area contributed by atoms with Gasteiger partial charge in [-0.1, -0.05) is 6.58 Å². The van der Waals surface area contributed by atoms with Gasteiger partial charge < -0.3 is 24.2 Å². The SMILES string of the molecule is C=CC(=O)OC.CN1CCN(c2ccc([N+](=O)[O-])cc2)CC1.COC(=O)CCN1CCN(c2ccc([N+](=O)[O-])cc2)CC1. The minimum absolute atomic E-state index is 0.107. The summed E-state index contributed by atoms with van der Waals surface area (Å²) in [5.74, 6) is -0.581. The number of anilines is 2. The topological polar surface area (TPSA) is 152 Å². The Hall–Kier alpha value is -4.56. The van der Waals surface area contributed by atoms with E-state index in [0.717, 1.165) is 69.8 Å². The van der Waals surface area contributed by atoms with Crippen molar-refractivity contribution in [1.82, 2.24) is 9.80 Å². The van der Waals surface area contributed by atoms with Crippen LogP contribution in [0.2, 0.25) is 0 Å². The normalized spacial score (nSPS) is 15.1. The Morgan fingerprint density at radius 3 is 1.51 bits per heavy atom. The van der Waals surface area contributed by atoms with Crippen LogP contribution in [0, 0.1) is 20.2 Å². The highest BCUT2D eigenvalue weighted by Crippen LogP contribution is 2.21. The van der Waals surface area contributed by atoms with Crippen LogP contribution in [-0.4, -0.2) is 112 Å². The first-order valence-corrected chi connectivity index (χ1v) is 13.7. The zero-order valence-corrected chi connectivity index (χ0v) is 24.9. The van der Waals surface area contributed by atoms with Crippen molar-refractivity contribution in [2.24, 2.45) is 0 Å². The average molecular weight is 601 g/mol. The Morgan fingerprint density at radius 1 is 0.767 bits per heavy atom. The number of carbonyl (C=O) groups excluding carboxylic acids is 2. The smallest absolute Gasteiger partial charge is 0.329 e. The minimum Gasteiger partial charge on any atom is -0.469 e. The minimum atomic E-state index is -0.394. The van der Waals surface area contributed by atoms with Gasteiger partial charge in [-0.05, 0) is 31.3 Å². The van der Waals surface area contributed by atoms with Crippen LogP contribution in [0.1, 0.15) is 6.42 Å². The number of hydrogen-bond donors (Lipinski definition) is 0. The summed E-state index contributed by atoms with van der Waals surface area (Å²) in [5, 5.41) is 21.1. The summed E-state index contributed by atoms with van der Waals surface area (Å²) in [6.07, 6.45) is 1.52. The van der Waals surface area contributed by atoms with E-state index in [4.69, 9.17) is 0 Å². The summed E-state index contributed by atoms with van der Waals surface area (Å²) in [6.45, 7) is 11.3. The van der Waals surface area contributed by atoms with E-state index in [0.29, 0.717) is 13.0 Å². The highest BCUT2D eigenvalue weighted by atomic mass is 16.6. The van der Waals surface area contributed by atoms with E-state index in [1.165, 1.54) is 26.4 Å². The number of likely N-dealkylation sites (N-methyl/N-ethyl adjacent to an activating group) is 1. The number of hydrogen-bond acceptors (Lipinski definition) is 12. The molecule has 2 saturated heterocycles. The fraction of sp³-hybridized carbons (Fsp3) is 0.448. The summed E-state index contributed by atoms with van der Waals surface area (Å²) in [7, 11) is 4.81. The van der Waals surface area contributed by atoms with Crippen molar-refractivity contribution in [2.75, 3.05) is 90.0 Å². The van der Waals surface area contributed by atoms with E-state index in [-0.39, 0.29) is 22.3 Å². The molecule has 0 N–H and O–H groups in total. The first kappa shape index (κ1) is 34.6. The zero-order valence-electron chi connectivity index (χ0n) is 24.9. The number of piperazine rings is 2. The number of nitro groups is 2.